The van der Waals surface area contributed by atoms with Crippen LogP contribution >= 0.6 is 22.6 Å². The second-order valence-corrected chi connectivity index (χ2v) is 7.61. The lowest BCUT2D eigenvalue weighted by Gasteiger charge is -2.12. The van der Waals surface area contributed by atoms with Gasteiger partial charge in [-0.1, -0.05) is 12.1 Å². The van der Waals surface area contributed by atoms with E-state index in [1.807, 2.05) is 6.07 Å². The molecule has 0 saturated carbocycles. The molecule has 1 N–H and O–H groups in total. The average molecular weight is 432 g/mol. The SMILES string of the molecule is Cc1cc(I)ccc1NS(=O)(=O)c1c(C)cccc1[N+](=O)[O-]. The van der Waals surface area contributed by atoms with Crippen molar-refractivity contribution in [3.63, 3.8) is 0 Å². The largest absolute Gasteiger partial charge is 0.290 e. The van der Waals surface area contributed by atoms with Gasteiger partial charge in [0.2, 0.25) is 0 Å². The molecule has 6 nitrogen and oxygen atoms in total. The Hall–Kier alpha value is -1.68. The molecule has 0 fully saturated rings. The first-order valence-electron chi connectivity index (χ1n) is 6.25. The molecule has 0 atom stereocenters. The molecule has 0 spiro atoms. The highest BCUT2D eigenvalue weighted by atomic mass is 127. The van der Waals surface area contributed by atoms with Crippen LogP contribution in [0.1, 0.15) is 11.1 Å². The Morgan fingerprint density at radius 3 is 2.41 bits per heavy atom. The number of sulfonamides is 1. The van der Waals surface area contributed by atoms with Gasteiger partial charge in [0, 0.05) is 9.64 Å². The third-order valence-electron chi connectivity index (χ3n) is 3.09. The smallest absolute Gasteiger partial charge is 0.279 e. The Morgan fingerprint density at radius 2 is 1.82 bits per heavy atom. The number of rotatable bonds is 4. The summed E-state index contributed by atoms with van der Waals surface area (Å²) in [6.45, 7) is 3.30. The Labute approximate surface area is 141 Å². The molecule has 0 bridgehead atoms. The molecule has 0 aliphatic carbocycles. The molecule has 2 rings (SSSR count). The summed E-state index contributed by atoms with van der Waals surface area (Å²) < 4.78 is 28.5. The number of nitro benzene ring substituents is 1. The Kier molecular flexibility index (Phi) is 4.71. The predicted octanol–water partition coefficient (Wildman–Crippen LogP) is 3.62. The van der Waals surface area contributed by atoms with Gasteiger partial charge in [-0.05, 0) is 65.8 Å². The van der Waals surface area contributed by atoms with Crippen molar-refractivity contribution in [2.45, 2.75) is 18.7 Å². The number of halogens is 1. The van der Waals surface area contributed by atoms with Crippen LogP contribution in [0.15, 0.2) is 41.3 Å². The fourth-order valence-electron chi connectivity index (χ4n) is 2.07. The van der Waals surface area contributed by atoms with E-state index in [0.717, 1.165) is 9.13 Å². The molecule has 0 unspecified atom stereocenters. The van der Waals surface area contributed by atoms with Gasteiger partial charge >= 0.3 is 0 Å². The lowest BCUT2D eigenvalue weighted by molar-refractivity contribution is -0.387. The zero-order valence-corrected chi connectivity index (χ0v) is 14.8. The topological polar surface area (TPSA) is 89.3 Å². The van der Waals surface area contributed by atoms with Gasteiger partial charge in [0.15, 0.2) is 4.90 Å². The zero-order chi connectivity index (χ0) is 16.5. The van der Waals surface area contributed by atoms with Gasteiger partial charge < -0.3 is 0 Å². The molecule has 0 amide bonds. The third kappa shape index (κ3) is 3.38. The van der Waals surface area contributed by atoms with E-state index in [9.17, 15) is 18.5 Å². The first-order chi connectivity index (χ1) is 10.2. The minimum atomic E-state index is -4.05. The van der Waals surface area contributed by atoms with E-state index >= 15 is 0 Å². The predicted molar refractivity (Wildman–Crippen MR) is 92.5 cm³/mol. The number of nitro groups is 1. The van der Waals surface area contributed by atoms with E-state index in [1.165, 1.54) is 25.1 Å². The molecule has 0 aliphatic heterocycles. The molecule has 2 aromatic carbocycles. The van der Waals surface area contributed by atoms with Crippen molar-refractivity contribution in [2.24, 2.45) is 0 Å². The monoisotopic (exact) mass is 432 g/mol. The molecular weight excluding hydrogens is 419 g/mol. The Bertz CT molecular complexity index is 850. The number of nitrogens with one attached hydrogen (secondary N) is 1. The maximum Gasteiger partial charge on any atom is 0.290 e. The summed E-state index contributed by atoms with van der Waals surface area (Å²) in [5, 5.41) is 11.1. The number of aryl methyl sites for hydroxylation is 2. The zero-order valence-electron chi connectivity index (χ0n) is 11.8. The first-order valence-corrected chi connectivity index (χ1v) is 8.81. The van der Waals surface area contributed by atoms with Gasteiger partial charge in [0.1, 0.15) is 0 Å². The van der Waals surface area contributed by atoms with E-state index in [1.54, 1.807) is 19.1 Å². The summed E-state index contributed by atoms with van der Waals surface area (Å²) >= 11 is 2.12. The fraction of sp³-hybridized carbons (Fsp3) is 0.143. The second kappa shape index (κ2) is 6.21. The number of nitrogens with zero attached hydrogens (tertiary/aromatic N) is 1. The van der Waals surface area contributed by atoms with Crippen LogP contribution < -0.4 is 4.72 Å². The Balaban J connectivity index is 2.54. The van der Waals surface area contributed by atoms with Crippen molar-refractivity contribution in [3.05, 3.63) is 61.2 Å². The van der Waals surface area contributed by atoms with Crippen molar-refractivity contribution < 1.29 is 13.3 Å². The van der Waals surface area contributed by atoms with Crippen LogP contribution in [0.3, 0.4) is 0 Å². The molecule has 0 radical (unpaired) electrons. The van der Waals surface area contributed by atoms with Crippen molar-refractivity contribution in [3.8, 4) is 0 Å². The van der Waals surface area contributed by atoms with Crippen LogP contribution in [0.5, 0.6) is 0 Å². The summed E-state index contributed by atoms with van der Waals surface area (Å²) in [4.78, 5) is 10.1. The van der Waals surface area contributed by atoms with Gasteiger partial charge in [-0.2, -0.15) is 0 Å². The van der Waals surface area contributed by atoms with Gasteiger partial charge in [0.25, 0.3) is 15.7 Å². The highest BCUT2D eigenvalue weighted by Crippen LogP contribution is 2.29. The fourth-order valence-corrected chi connectivity index (χ4v) is 4.25. The average Bonchev–Trinajstić information content (AvgIpc) is 2.41. The van der Waals surface area contributed by atoms with E-state index in [-0.39, 0.29) is 4.90 Å². The van der Waals surface area contributed by atoms with Crippen molar-refractivity contribution in [2.75, 3.05) is 4.72 Å². The minimum Gasteiger partial charge on any atom is -0.279 e. The number of anilines is 1. The van der Waals surface area contributed by atoms with Crippen LogP contribution in [0.25, 0.3) is 0 Å². The highest BCUT2D eigenvalue weighted by Gasteiger charge is 2.28. The van der Waals surface area contributed by atoms with Gasteiger partial charge in [-0.3, -0.25) is 14.8 Å². The lowest BCUT2D eigenvalue weighted by Crippen LogP contribution is -2.16. The van der Waals surface area contributed by atoms with E-state index in [4.69, 9.17) is 0 Å². The summed E-state index contributed by atoms with van der Waals surface area (Å²) in [6.07, 6.45) is 0. The standard InChI is InChI=1S/C14H13IN2O4S/c1-9-4-3-5-13(17(18)19)14(9)22(20,21)16-12-7-6-11(15)8-10(12)2/h3-8,16H,1-2H3. The Morgan fingerprint density at radius 1 is 1.14 bits per heavy atom. The lowest BCUT2D eigenvalue weighted by atomic mass is 10.2. The van der Waals surface area contributed by atoms with Crippen LogP contribution in [-0.2, 0) is 10.0 Å². The molecular formula is C14H13IN2O4S. The summed E-state index contributed by atoms with van der Waals surface area (Å²) in [5.74, 6) is 0. The number of hydrogen-bond donors (Lipinski definition) is 1. The maximum absolute atomic E-state index is 12.6. The van der Waals surface area contributed by atoms with Gasteiger partial charge in [0.05, 0.1) is 10.6 Å². The maximum atomic E-state index is 12.6. The van der Waals surface area contributed by atoms with E-state index in [0.29, 0.717) is 11.3 Å². The van der Waals surface area contributed by atoms with Gasteiger partial charge in [-0.25, -0.2) is 8.42 Å². The minimum absolute atomic E-state index is 0.307. The van der Waals surface area contributed by atoms with Crippen LogP contribution in [0, 0.1) is 27.5 Å². The van der Waals surface area contributed by atoms with Crippen LogP contribution in [0.4, 0.5) is 11.4 Å². The van der Waals surface area contributed by atoms with Crippen LogP contribution in [0.2, 0.25) is 0 Å². The molecule has 0 aliphatic rings. The van der Waals surface area contributed by atoms with Crippen molar-refractivity contribution in [1.82, 2.24) is 0 Å². The first kappa shape index (κ1) is 16.7. The summed E-state index contributed by atoms with van der Waals surface area (Å²) in [5.41, 5.74) is 1.03. The van der Waals surface area contributed by atoms with Gasteiger partial charge in [-0.15, -0.1) is 0 Å². The molecule has 22 heavy (non-hydrogen) atoms. The number of hydrogen-bond acceptors (Lipinski definition) is 4. The highest BCUT2D eigenvalue weighted by molar-refractivity contribution is 14.1. The molecule has 0 heterocycles. The second-order valence-electron chi connectivity index (χ2n) is 4.75. The van der Waals surface area contributed by atoms with Crippen molar-refractivity contribution in [1.29, 1.82) is 0 Å². The van der Waals surface area contributed by atoms with Crippen LogP contribution in [-0.4, -0.2) is 13.3 Å². The van der Waals surface area contributed by atoms with E-state index < -0.39 is 20.6 Å². The number of benzene rings is 2. The molecule has 0 aromatic heterocycles. The molecule has 8 heteroatoms. The van der Waals surface area contributed by atoms with Crippen molar-refractivity contribution >= 4 is 44.0 Å². The molecule has 0 saturated heterocycles. The normalized spacial score (nSPS) is 11.2. The quantitative estimate of drug-likeness (QED) is 0.454. The summed E-state index contributed by atoms with van der Waals surface area (Å²) in [6, 6.07) is 9.40. The molecule has 116 valence electrons. The summed E-state index contributed by atoms with van der Waals surface area (Å²) in [7, 11) is -4.05. The van der Waals surface area contributed by atoms with E-state index in [2.05, 4.69) is 27.3 Å². The molecule has 2 aromatic rings. The third-order valence-corrected chi connectivity index (χ3v) is 5.32.